The topological polar surface area (TPSA) is 134 Å². The standard InChI is InChI=1S/C25H21F4N7O.C2HF3O2/c1-4-22(37)31-17-9-10-19(26)20(11-17)32-23-18(15-5-7-16(8-6-15)25(27,28)29)12-30-24(34-23)33-21-13-36(3)35-14(21)2;3-2(4,5)1(6)7/h4-13H,1H2,2-3H3,(H,31,37)(H2,30,32,33,34);(H,6,7). The molecule has 2 aromatic carbocycles. The number of anilines is 5. The second kappa shape index (κ2) is 13.2. The lowest BCUT2D eigenvalue weighted by molar-refractivity contribution is -0.192. The summed E-state index contributed by atoms with van der Waals surface area (Å²) in [5.41, 5.74) is 1.47. The van der Waals surface area contributed by atoms with Gasteiger partial charge < -0.3 is 21.1 Å². The van der Waals surface area contributed by atoms with Crippen molar-refractivity contribution in [3.63, 3.8) is 0 Å². The summed E-state index contributed by atoms with van der Waals surface area (Å²) in [7, 11) is 1.75. The Kier molecular flexibility index (Phi) is 9.92. The molecule has 17 heteroatoms. The Balaban J connectivity index is 0.000000676. The average molecular weight is 626 g/mol. The van der Waals surface area contributed by atoms with Crippen LogP contribution >= 0.6 is 0 Å². The van der Waals surface area contributed by atoms with Gasteiger partial charge in [0.1, 0.15) is 11.6 Å². The van der Waals surface area contributed by atoms with E-state index in [9.17, 15) is 35.5 Å². The van der Waals surface area contributed by atoms with Crippen LogP contribution in [0.3, 0.4) is 0 Å². The van der Waals surface area contributed by atoms with E-state index >= 15 is 0 Å². The van der Waals surface area contributed by atoms with E-state index in [0.29, 0.717) is 28.2 Å². The quantitative estimate of drug-likeness (QED) is 0.134. The molecule has 44 heavy (non-hydrogen) atoms. The third-order valence-corrected chi connectivity index (χ3v) is 5.49. The maximum absolute atomic E-state index is 14.7. The van der Waals surface area contributed by atoms with Gasteiger partial charge in [-0.1, -0.05) is 18.7 Å². The number of carboxylic acids is 1. The zero-order chi connectivity index (χ0) is 32.8. The molecule has 0 aliphatic carbocycles. The van der Waals surface area contributed by atoms with E-state index < -0.39 is 35.6 Å². The van der Waals surface area contributed by atoms with Gasteiger partial charge in [0.15, 0.2) is 0 Å². The molecule has 0 saturated heterocycles. The number of rotatable bonds is 7. The van der Waals surface area contributed by atoms with E-state index in [1.807, 2.05) is 0 Å². The number of nitrogens with zero attached hydrogens (tertiary/aromatic N) is 4. The molecule has 10 nitrogen and oxygen atoms in total. The molecule has 4 rings (SSSR count). The highest BCUT2D eigenvalue weighted by Crippen LogP contribution is 2.35. The molecule has 232 valence electrons. The fourth-order valence-corrected chi connectivity index (χ4v) is 3.45. The van der Waals surface area contributed by atoms with E-state index in [0.717, 1.165) is 24.3 Å². The summed E-state index contributed by atoms with van der Waals surface area (Å²) in [6.45, 7) is 5.17. The van der Waals surface area contributed by atoms with Crippen molar-refractivity contribution in [2.45, 2.75) is 19.3 Å². The molecular weight excluding hydrogens is 603 g/mol. The number of hydrogen-bond acceptors (Lipinski definition) is 7. The molecule has 0 atom stereocenters. The number of aromatic nitrogens is 4. The number of carbonyl (C=O) groups excluding carboxylic acids is 1. The number of aryl methyl sites for hydroxylation is 2. The van der Waals surface area contributed by atoms with Crippen molar-refractivity contribution in [2.75, 3.05) is 16.0 Å². The molecular formula is C27H22F7N7O3. The van der Waals surface area contributed by atoms with Gasteiger partial charge in [-0.3, -0.25) is 9.48 Å². The predicted octanol–water partition coefficient (Wildman–Crippen LogP) is 6.59. The lowest BCUT2D eigenvalue weighted by atomic mass is 10.1. The minimum Gasteiger partial charge on any atom is -0.475 e. The van der Waals surface area contributed by atoms with Crippen molar-refractivity contribution in [3.05, 3.63) is 84.6 Å². The van der Waals surface area contributed by atoms with Gasteiger partial charge in [-0.2, -0.15) is 36.4 Å². The Bertz CT molecular complexity index is 1670. The Morgan fingerprint density at radius 2 is 1.64 bits per heavy atom. The minimum absolute atomic E-state index is 0.0303. The molecule has 0 aliphatic heterocycles. The molecule has 4 aromatic rings. The fraction of sp³-hybridized carbons (Fsp3) is 0.148. The van der Waals surface area contributed by atoms with Crippen LogP contribution < -0.4 is 16.0 Å². The summed E-state index contributed by atoms with van der Waals surface area (Å²) in [4.78, 5) is 29.3. The van der Waals surface area contributed by atoms with E-state index in [2.05, 4.69) is 37.6 Å². The monoisotopic (exact) mass is 625 g/mol. The highest BCUT2D eigenvalue weighted by molar-refractivity contribution is 5.99. The number of carbonyl (C=O) groups is 2. The van der Waals surface area contributed by atoms with Gasteiger partial charge in [-0.05, 0) is 48.9 Å². The molecule has 2 aromatic heterocycles. The number of nitrogens with one attached hydrogen (secondary N) is 3. The van der Waals surface area contributed by atoms with Gasteiger partial charge in [0.25, 0.3) is 0 Å². The number of amides is 1. The second-order valence-corrected chi connectivity index (χ2v) is 8.77. The van der Waals surface area contributed by atoms with Gasteiger partial charge in [0, 0.05) is 30.7 Å². The maximum atomic E-state index is 14.7. The molecule has 0 saturated carbocycles. The zero-order valence-electron chi connectivity index (χ0n) is 22.7. The Hall–Kier alpha value is -5.48. The molecule has 0 fully saturated rings. The van der Waals surface area contributed by atoms with Crippen LogP contribution in [0.4, 0.5) is 59.6 Å². The lowest BCUT2D eigenvalue weighted by Gasteiger charge is -2.15. The third-order valence-electron chi connectivity index (χ3n) is 5.49. The largest absolute Gasteiger partial charge is 0.490 e. The summed E-state index contributed by atoms with van der Waals surface area (Å²) in [6, 6.07) is 8.32. The maximum Gasteiger partial charge on any atom is 0.490 e. The van der Waals surface area contributed by atoms with Crippen LogP contribution in [0.5, 0.6) is 0 Å². The summed E-state index contributed by atoms with van der Waals surface area (Å²) in [5.74, 6) is -3.63. The van der Waals surface area contributed by atoms with Crippen molar-refractivity contribution in [1.82, 2.24) is 19.7 Å². The Morgan fingerprint density at radius 1 is 1.00 bits per heavy atom. The van der Waals surface area contributed by atoms with Crippen molar-refractivity contribution >= 4 is 40.7 Å². The van der Waals surface area contributed by atoms with Gasteiger partial charge in [0.05, 0.1) is 22.6 Å². The van der Waals surface area contributed by atoms with E-state index in [1.165, 1.54) is 30.5 Å². The number of hydrogen-bond donors (Lipinski definition) is 4. The number of aliphatic carboxylic acids is 1. The summed E-state index contributed by atoms with van der Waals surface area (Å²) >= 11 is 0. The molecule has 0 radical (unpaired) electrons. The molecule has 2 heterocycles. The van der Waals surface area contributed by atoms with E-state index in [-0.39, 0.29) is 17.5 Å². The van der Waals surface area contributed by atoms with Crippen molar-refractivity contribution in [3.8, 4) is 11.1 Å². The second-order valence-electron chi connectivity index (χ2n) is 8.77. The van der Waals surface area contributed by atoms with Gasteiger partial charge in [0.2, 0.25) is 11.9 Å². The first-order valence-electron chi connectivity index (χ1n) is 12.1. The van der Waals surface area contributed by atoms with Crippen LogP contribution in [0.1, 0.15) is 11.3 Å². The molecule has 4 N–H and O–H groups in total. The van der Waals surface area contributed by atoms with Crippen molar-refractivity contribution < 1.29 is 45.4 Å². The molecule has 0 bridgehead atoms. The van der Waals surface area contributed by atoms with E-state index in [1.54, 1.807) is 24.9 Å². The van der Waals surface area contributed by atoms with Crippen LogP contribution in [-0.4, -0.2) is 42.9 Å². The Labute approximate surface area is 244 Å². The minimum atomic E-state index is -5.08. The summed E-state index contributed by atoms with van der Waals surface area (Å²) in [6.07, 6.45) is -5.37. The first kappa shape index (κ1) is 33.0. The number of alkyl halides is 6. The third kappa shape index (κ3) is 8.76. The van der Waals surface area contributed by atoms with Crippen LogP contribution in [0.25, 0.3) is 11.1 Å². The normalized spacial score (nSPS) is 11.2. The van der Waals surface area contributed by atoms with E-state index in [4.69, 9.17) is 9.90 Å². The highest BCUT2D eigenvalue weighted by atomic mass is 19.4. The van der Waals surface area contributed by atoms with Crippen molar-refractivity contribution in [2.24, 2.45) is 7.05 Å². The predicted molar refractivity (Wildman–Crippen MR) is 146 cm³/mol. The van der Waals surface area contributed by atoms with Gasteiger partial charge >= 0.3 is 18.3 Å². The fourth-order valence-electron chi connectivity index (χ4n) is 3.45. The average Bonchev–Trinajstić information content (AvgIpc) is 3.26. The van der Waals surface area contributed by atoms with Crippen LogP contribution in [0, 0.1) is 12.7 Å². The Morgan fingerprint density at radius 3 is 2.16 bits per heavy atom. The first-order valence-corrected chi connectivity index (χ1v) is 12.1. The molecule has 1 amide bonds. The molecule has 0 aliphatic rings. The van der Waals surface area contributed by atoms with Gasteiger partial charge in [-0.25, -0.2) is 14.2 Å². The van der Waals surface area contributed by atoms with Crippen LogP contribution in [-0.2, 0) is 22.8 Å². The summed E-state index contributed by atoms with van der Waals surface area (Å²) < 4.78 is 87.2. The first-order chi connectivity index (χ1) is 20.5. The lowest BCUT2D eigenvalue weighted by Crippen LogP contribution is -2.21. The molecule has 0 spiro atoms. The van der Waals surface area contributed by atoms with Crippen LogP contribution in [0.2, 0.25) is 0 Å². The number of carboxylic acid groups (broad SMARTS) is 1. The van der Waals surface area contributed by atoms with Gasteiger partial charge in [-0.15, -0.1) is 0 Å². The van der Waals surface area contributed by atoms with Crippen LogP contribution in [0.15, 0.2) is 67.5 Å². The number of halogens is 7. The smallest absolute Gasteiger partial charge is 0.475 e. The summed E-state index contributed by atoms with van der Waals surface area (Å²) in [5, 5.41) is 19.8. The SMILES string of the molecule is C=CC(=O)Nc1ccc(F)c(Nc2nc(Nc3cn(C)nc3C)ncc2-c2ccc(C(F)(F)F)cc2)c1.O=C(O)C(F)(F)F. The zero-order valence-corrected chi connectivity index (χ0v) is 22.7. The van der Waals surface area contributed by atoms with Crippen molar-refractivity contribution in [1.29, 1.82) is 0 Å². The highest BCUT2D eigenvalue weighted by Gasteiger charge is 2.38. The number of benzene rings is 2. The molecule has 0 unspecified atom stereocenters.